The van der Waals surface area contributed by atoms with Crippen LogP contribution in [-0.4, -0.2) is 62.8 Å². The summed E-state index contributed by atoms with van der Waals surface area (Å²) in [6, 6.07) is -1.01. The molecule has 1 atom stereocenters. The molecule has 15 heavy (non-hydrogen) atoms. The summed E-state index contributed by atoms with van der Waals surface area (Å²) >= 11 is 0. The number of sulfonamides is 1. The quantitative estimate of drug-likeness (QED) is 0.438. The Morgan fingerprint density at radius 3 is 2.47 bits per heavy atom. The third-order valence-electron chi connectivity index (χ3n) is 1.77. The number of nitrogens with zero attached hydrogens (tertiary/aromatic N) is 1. The summed E-state index contributed by atoms with van der Waals surface area (Å²) in [7, 11) is -0.348. The van der Waals surface area contributed by atoms with Crippen LogP contribution >= 0.6 is 0 Å². The molecule has 0 aliphatic carbocycles. The van der Waals surface area contributed by atoms with Crippen molar-refractivity contribution in [3.05, 3.63) is 0 Å². The third kappa shape index (κ3) is 5.67. The monoisotopic (exact) mass is 239 g/mol. The van der Waals surface area contributed by atoms with Crippen molar-refractivity contribution in [3.63, 3.8) is 0 Å². The van der Waals surface area contributed by atoms with E-state index in [-0.39, 0.29) is 18.8 Å². The van der Waals surface area contributed by atoms with Crippen molar-refractivity contribution in [2.24, 2.45) is 5.73 Å². The molecule has 7 nitrogen and oxygen atoms in total. The van der Waals surface area contributed by atoms with Gasteiger partial charge >= 0.3 is 5.97 Å². The molecule has 0 spiro atoms. The van der Waals surface area contributed by atoms with Crippen LogP contribution in [0.3, 0.4) is 0 Å². The number of nitrogens with two attached hydrogens (primary N) is 1. The van der Waals surface area contributed by atoms with E-state index in [1.54, 1.807) is 0 Å². The molecule has 0 amide bonds. The molecule has 0 aliphatic heterocycles. The van der Waals surface area contributed by atoms with Crippen molar-refractivity contribution in [1.82, 2.24) is 9.62 Å². The van der Waals surface area contributed by atoms with Crippen LogP contribution in [0.2, 0.25) is 0 Å². The number of rotatable bonds is 7. The maximum Gasteiger partial charge on any atom is 0.321 e. The van der Waals surface area contributed by atoms with Crippen molar-refractivity contribution in [3.8, 4) is 0 Å². The first kappa shape index (κ1) is 14.3. The molecule has 0 aliphatic rings. The van der Waals surface area contributed by atoms with Gasteiger partial charge in [-0.2, -0.15) is 0 Å². The highest BCUT2D eigenvalue weighted by Gasteiger charge is 2.14. The standard InChI is InChI=1S/C7H17N3O4S/c1-10(2)15(13,14)4-3-9-5-6(8)7(11)12/h6,9H,3-5,8H2,1-2H3,(H,11,12). The lowest BCUT2D eigenvalue weighted by molar-refractivity contribution is -0.138. The molecule has 0 saturated carbocycles. The van der Waals surface area contributed by atoms with Crippen LogP contribution in [0.25, 0.3) is 0 Å². The van der Waals surface area contributed by atoms with E-state index < -0.39 is 22.0 Å². The first-order chi connectivity index (χ1) is 6.77. The molecule has 0 bridgehead atoms. The van der Waals surface area contributed by atoms with E-state index in [9.17, 15) is 13.2 Å². The van der Waals surface area contributed by atoms with Gasteiger partial charge in [-0.05, 0) is 0 Å². The van der Waals surface area contributed by atoms with Gasteiger partial charge in [0.1, 0.15) is 6.04 Å². The number of carboxylic acid groups (broad SMARTS) is 1. The molecule has 0 fully saturated rings. The number of hydrogen-bond acceptors (Lipinski definition) is 5. The summed E-state index contributed by atoms with van der Waals surface area (Å²) in [4.78, 5) is 10.3. The summed E-state index contributed by atoms with van der Waals surface area (Å²) in [5.74, 6) is -1.19. The molecule has 0 aromatic rings. The van der Waals surface area contributed by atoms with Gasteiger partial charge < -0.3 is 16.2 Å². The minimum Gasteiger partial charge on any atom is -0.480 e. The van der Waals surface area contributed by atoms with Gasteiger partial charge in [0.15, 0.2) is 0 Å². The number of carboxylic acids is 1. The van der Waals surface area contributed by atoms with Gasteiger partial charge in [-0.1, -0.05) is 0 Å². The average molecular weight is 239 g/mol. The molecule has 0 rings (SSSR count). The molecule has 0 heterocycles. The second kappa shape index (κ2) is 6.01. The lowest BCUT2D eigenvalue weighted by Crippen LogP contribution is -2.42. The lowest BCUT2D eigenvalue weighted by Gasteiger charge is -2.12. The second-order valence-corrected chi connectivity index (χ2v) is 5.55. The zero-order chi connectivity index (χ0) is 12.1. The molecule has 4 N–H and O–H groups in total. The summed E-state index contributed by atoms with van der Waals surface area (Å²) in [5.41, 5.74) is 5.20. The highest BCUT2D eigenvalue weighted by atomic mass is 32.2. The first-order valence-electron chi connectivity index (χ1n) is 4.36. The molecular formula is C7H17N3O4S. The van der Waals surface area contributed by atoms with Crippen LogP contribution in [0, 0.1) is 0 Å². The van der Waals surface area contributed by atoms with E-state index in [0.717, 1.165) is 4.31 Å². The van der Waals surface area contributed by atoms with E-state index in [1.807, 2.05) is 0 Å². The highest BCUT2D eigenvalue weighted by molar-refractivity contribution is 7.89. The molecule has 0 saturated heterocycles. The van der Waals surface area contributed by atoms with Crippen LogP contribution < -0.4 is 11.1 Å². The number of hydrogen-bond donors (Lipinski definition) is 3. The normalized spacial score (nSPS) is 14.1. The van der Waals surface area contributed by atoms with E-state index in [1.165, 1.54) is 14.1 Å². The summed E-state index contributed by atoms with van der Waals surface area (Å²) in [6.07, 6.45) is 0. The van der Waals surface area contributed by atoms with Gasteiger partial charge in [0.25, 0.3) is 0 Å². The Morgan fingerprint density at radius 2 is 2.07 bits per heavy atom. The van der Waals surface area contributed by atoms with Crippen molar-refractivity contribution in [2.75, 3.05) is 32.9 Å². The Bertz CT molecular complexity index is 301. The zero-order valence-corrected chi connectivity index (χ0v) is 9.62. The summed E-state index contributed by atoms with van der Waals surface area (Å²) < 4.78 is 23.6. The van der Waals surface area contributed by atoms with Gasteiger partial charge in [0, 0.05) is 27.2 Å². The topological polar surface area (TPSA) is 113 Å². The smallest absolute Gasteiger partial charge is 0.321 e. The predicted octanol–water partition coefficient (Wildman–Crippen LogP) is -2.12. The number of nitrogens with one attached hydrogen (secondary N) is 1. The second-order valence-electron chi connectivity index (χ2n) is 3.25. The average Bonchev–Trinajstić information content (AvgIpc) is 2.11. The van der Waals surface area contributed by atoms with E-state index in [2.05, 4.69) is 5.32 Å². The van der Waals surface area contributed by atoms with Crippen LogP contribution in [0.5, 0.6) is 0 Å². The number of aliphatic carboxylic acids is 1. The minimum atomic E-state index is -3.23. The highest BCUT2D eigenvalue weighted by Crippen LogP contribution is 1.91. The SMILES string of the molecule is CN(C)S(=O)(=O)CCNCC(N)C(=O)O. The maximum atomic E-state index is 11.2. The fourth-order valence-corrected chi connectivity index (χ4v) is 1.50. The summed E-state index contributed by atoms with van der Waals surface area (Å²) in [5, 5.41) is 11.1. The number of carbonyl (C=O) groups is 1. The largest absolute Gasteiger partial charge is 0.480 e. The van der Waals surface area contributed by atoms with Crippen molar-refractivity contribution in [1.29, 1.82) is 0 Å². The Morgan fingerprint density at radius 1 is 1.53 bits per heavy atom. The van der Waals surface area contributed by atoms with Crippen LogP contribution in [0.4, 0.5) is 0 Å². The van der Waals surface area contributed by atoms with Crippen LogP contribution in [0.15, 0.2) is 0 Å². The zero-order valence-electron chi connectivity index (χ0n) is 8.80. The lowest BCUT2D eigenvalue weighted by atomic mass is 10.3. The Kier molecular flexibility index (Phi) is 5.73. The molecule has 0 aromatic carbocycles. The van der Waals surface area contributed by atoms with Gasteiger partial charge in [-0.3, -0.25) is 4.79 Å². The molecule has 0 aromatic heterocycles. The Balaban J connectivity index is 3.78. The van der Waals surface area contributed by atoms with Crippen molar-refractivity contribution in [2.45, 2.75) is 6.04 Å². The molecule has 1 unspecified atom stereocenters. The summed E-state index contributed by atoms with van der Waals surface area (Å²) in [6.45, 7) is 0.236. The van der Waals surface area contributed by atoms with E-state index in [0.29, 0.717) is 0 Å². The fourth-order valence-electron chi connectivity index (χ4n) is 0.729. The van der Waals surface area contributed by atoms with Crippen LogP contribution in [0.1, 0.15) is 0 Å². The van der Waals surface area contributed by atoms with Crippen molar-refractivity contribution >= 4 is 16.0 Å². The molecular weight excluding hydrogens is 222 g/mol. The molecule has 90 valence electrons. The van der Waals surface area contributed by atoms with Gasteiger partial charge in [0.05, 0.1) is 5.75 Å². The molecule has 8 heteroatoms. The van der Waals surface area contributed by atoms with Crippen molar-refractivity contribution < 1.29 is 18.3 Å². The Labute approximate surface area is 89.3 Å². The van der Waals surface area contributed by atoms with E-state index in [4.69, 9.17) is 10.8 Å². The van der Waals surface area contributed by atoms with Gasteiger partial charge in [0.2, 0.25) is 10.0 Å². The first-order valence-corrected chi connectivity index (χ1v) is 5.97. The minimum absolute atomic E-state index is 0.0539. The Hall–Kier alpha value is -0.700. The maximum absolute atomic E-state index is 11.2. The fraction of sp³-hybridized carbons (Fsp3) is 0.857. The van der Waals surface area contributed by atoms with E-state index >= 15 is 0 Å². The predicted molar refractivity (Wildman–Crippen MR) is 56.0 cm³/mol. The third-order valence-corrected chi connectivity index (χ3v) is 3.61. The van der Waals surface area contributed by atoms with Gasteiger partial charge in [-0.15, -0.1) is 0 Å². The van der Waals surface area contributed by atoms with Gasteiger partial charge in [-0.25, -0.2) is 12.7 Å². The van der Waals surface area contributed by atoms with Crippen LogP contribution in [-0.2, 0) is 14.8 Å². The molecule has 0 radical (unpaired) electrons.